The van der Waals surface area contributed by atoms with E-state index in [1.54, 1.807) is 0 Å². The van der Waals surface area contributed by atoms with Crippen LogP contribution in [-0.4, -0.2) is 61.7 Å². The molecule has 0 aliphatic heterocycles. The van der Waals surface area contributed by atoms with E-state index in [0.29, 0.717) is 0 Å². The molecule has 0 bridgehead atoms. The van der Waals surface area contributed by atoms with Gasteiger partial charge in [0.25, 0.3) is 0 Å². The predicted octanol–water partition coefficient (Wildman–Crippen LogP) is -14.9. The second kappa shape index (κ2) is 26.0. The van der Waals surface area contributed by atoms with E-state index in [1.165, 1.54) is 0 Å². The Morgan fingerprint density at radius 1 is 0.765 bits per heavy atom. The molecular weight excluding hydrogens is 286 g/mol. The monoisotopic (exact) mass is 300 g/mol. The Kier molecular flexibility index (Phi) is 78.9. The van der Waals surface area contributed by atoms with Crippen LogP contribution in [0.4, 0.5) is 0 Å². The molecule has 0 radical (unpaired) electrons. The first-order valence-corrected chi connectivity index (χ1v) is 2.24. The third kappa shape index (κ3) is 22.9. The third-order valence-corrected chi connectivity index (χ3v) is 0.782. The Hall–Kier alpha value is 1.30. The molecule has 0 saturated carbocycles. The number of carboxylic acid groups (broad SMARTS) is 2. The molecule has 0 amide bonds. The maximum Gasteiger partial charge on any atom is 1.00 e. The molecule has 0 aromatic heterocycles. The number of hydrogen-bond donors (Lipinski definition) is 2. The van der Waals surface area contributed by atoms with Gasteiger partial charge in [0.2, 0.25) is 0 Å². The maximum atomic E-state index is 9.63. The van der Waals surface area contributed by atoms with Crippen LogP contribution in [-0.2, 0) is 9.59 Å². The van der Waals surface area contributed by atoms with Gasteiger partial charge in [-0.1, -0.05) is 0 Å². The van der Waals surface area contributed by atoms with E-state index in [9.17, 15) is 19.8 Å². The van der Waals surface area contributed by atoms with Gasteiger partial charge in [-0.3, -0.25) is 0 Å². The van der Waals surface area contributed by atoms with E-state index < -0.39 is 24.1 Å². The van der Waals surface area contributed by atoms with Crippen LogP contribution >= 0.6 is 0 Å². The van der Waals surface area contributed by atoms with Crippen molar-refractivity contribution in [2.24, 2.45) is 0 Å². The molecule has 0 fully saturated rings. The average molecular weight is 300 g/mol. The molecule has 0 spiro atoms. The fourth-order valence-corrected chi connectivity index (χ4v) is 0.258. The summed E-state index contributed by atoms with van der Waals surface area (Å²) in [7, 11) is 0. The number of carboxylic acids is 2. The number of hydrogen-bond acceptors (Lipinski definition) is 6. The standard InChI is InChI=1S/C4H6O6.K.Na.5H2O/c5-1(3(7)8)2(6)4(9)10;;;;;;;/h1-2,5-6H,(H,7,8)(H,9,10);;;5*1H2/q;2*+1;;;;;/p-2. The van der Waals surface area contributed by atoms with Gasteiger partial charge in [-0.2, -0.15) is 0 Å². The molecular formula is C4H14KNaO11. The van der Waals surface area contributed by atoms with Crippen molar-refractivity contribution in [3.63, 3.8) is 0 Å². The van der Waals surface area contributed by atoms with Gasteiger partial charge in [0.1, 0.15) is 12.2 Å². The van der Waals surface area contributed by atoms with Gasteiger partial charge in [0.05, 0.1) is 11.9 Å². The molecule has 0 saturated heterocycles. The normalized spacial score (nSPS) is 9.29. The number of rotatable bonds is 3. The van der Waals surface area contributed by atoms with Crippen LogP contribution < -0.4 is 91.2 Å². The number of aliphatic carboxylic acids is 2. The van der Waals surface area contributed by atoms with Crippen LogP contribution in [0.3, 0.4) is 0 Å². The van der Waals surface area contributed by atoms with E-state index in [-0.39, 0.29) is 108 Å². The summed E-state index contributed by atoms with van der Waals surface area (Å²) in [6, 6.07) is 0. The van der Waals surface area contributed by atoms with Crippen molar-refractivity contribution in [2.75, 3.05) is 0 Å². The molecule has 0 heterocycles. The van der Waals surface area contributed by atoms with E-state index in [0.717, 1.165) is 0 Å². The summed E-state index contributed by atoms with van der Waals surface area (Å²) in [6.45, 7) is 0. The molecule has 0 aromatic carbocycles. The van der Waals surface area contributed by atoms with Crippen molar-refractivity contribution in [1.29, 1.82) is 0 Å². The summed E-state index contributed by atoms with van der Waals surface area (Å²) in [6.07, 6.45) is -4.88. The number of aliphatic hydroxyl groups is 2. The van der Waals surface area contributed by atoms with Gasteiger partial charge in [-0.25, -0.2) is 0 Å². The Balaban J connectivity index is -0.0000000193. The molecule has 12 N–H and O–H groups in total. The van der Waals surface area contributed by atoms with Crippen LogP contribution in [0.15, 0.2) is 0 Å². The van der Waals surface area contributed by atoms with Gasteiger partial charge < -0.3 is 57.4 Å². The minimum atomic E-state index is -2.44. The Morgan fingerprint density at radius 2 is 0.882 bits per heavy atom. The molecule has 0 aliphatic rings. The van der Waals surface area contributed by atoms with Crippen molar-refractivity contribution in [2.45, 2.75) is 12.2 Å². The van der Waals surface area contributed by atoms with Gasteiger partial charge in [0, 0.05) is 0 Å². The molecule has 0 aliphatic carbocycles. The average Bonchev–Trinajstić information content (AvgIpc) is 1.84. The summed E-state index contributed by atoms with van der Waals surface area (Å²) in [5.41, 5.74) is 0. The fourth-order valence-electron chi connectivity index (χ4n) is 0.258. The van der Waals surface area contributed by atoms with Crippen LogP contribution in [0.1, 0.15) is 0 Å². The summed E-state index contributed by atoms with van der Waals surface area (Å²) in [4.78, 5) is 19.3. The van der Waals surface area contributed by atoms with Crippen molar-refractivity contribution in [3.05, 3.63) is 0 Å². The molecule has 11 nitrogen and oxygen atoms in total. The molecule has 2 unspecified atom stereocenters. The van der Waals surface area contributed by atoms with E-state index in [2.05, 4.69) is 0 Å². The maximum absolute atomic E-state index is 9.63. The second-order valence-corrected chi connectivity index (χ2v) is 1.53. The third-order valence-electron chi connectivity index (χ3n) is 0.782. The van der Waals surface area contributed by atoms with Gasteiger partial charge in [-0.15, -0.1) is 0 Å². The largest absolute Gasteiger partial charge is 1.00 e. The first-order chi connectivity index (χ1) is 4.46. The second-order valence-electron chi connectivity index (χ2n) is 1.53. The van der Waals surface area contributed by atoms with Crippen LogP contribution in [0.5, 0.6) is 0 Å². The number of aliphatic hydroxyl groups excluding tert-OH is 2. The van der Waals surface area contributed by atoms with Crippen LogP contribution in [0.2, 0.25) is 0 Å². The van der Waals surface area contributed by atoms with Crippen molar-refractivity contribution < 1.29 is 138 Å². The molecule has 98 valence electrons. The molecule has 17 heavy (non-hydrogen) atoms. The molecule has 2 atom stereocenters. The van der Waals surface area contributed by atoms with E-state index >= 15 is 0 Å². The SMILES string of the molecule is O.O.O.O.O.O=C([O-])C(O)C(O)C(=O)[O-].[K+].[Na+]. The van der Waals surface area contributed by atoms with Crippen molar-refractivity contribution in [1.82, 2.24) is 0 Å². The Bertz CT molecular complexity index is 148. The Labute approximate surface area is 160 Å². The van der Waals surface area contributed by atoms with Crippen LogP contribution in [0.25, 0.3) is 0 Å². The summed E-state index contributed by atoms with van der Waals surface area (Å²) in [5, 5.41) is 35.7. The molecule has 0 aromatic rings. The molecule has 0 rings (SSSR count). The van der Waals surface area contributed by atoms with Gasteiger partial charge >= 0.3 is 80.9 Å². The van der Waals surface area contributed by atoms with Gasteiger partial charge in [-0.05, 0) is 0 Å². The molecule has 13 heteroatoms. The van der Waals surface area contributed by atoms with Crippen molar-refractivity contribution in [3.8, 4) is 0 Å². The topological polar surface area (TPSA) is 278 Å². The zero-order chi connectivity index (χ0) is 8.31. The summed E-state index contributed by atoms with van der Waals surface area (Å²) < 4.78 is 0. The van der Waals surface area contributed by atoms with Gasteiger partial charge in [0.15, 0.2) is 0 Å². The number of carbonyl (C=O) groups is 2. The first kappa shape index (κ1) is 51.6. The number of carbonyl (C=O) groups excluding carboxylic acids is 2. The summed E-state index contributed by atoms with van der Waals surface area (Å²) in [5.74, 6) is -4.12. The Morgan fingerprint density at radius 3 is 0.941 bits per heavy atom. The minimum absolute atomic E-state index is 0. The predicted molar refractivity (Wildman–Crippen MR) is 40.1 cm³/mol. The van der Waals surface area contributed by atoms with Crippen LogP contribution in [0, 0.1) is 0 Å². The van der Waals surface area contributed by atoms with E-state index in [1.807, 2.05) is 0 Å². The van der Waals surface area contributed by atoms with Crippen molar-refractivity contribution >= 4 is 11.9 Å². The zero-order valence-electron chi connectivity index (χ0n) is 9.18. The first-order valence-electron chi connectivity index (χ1n) is 2.24. The smallest absolute Gasteiger partial charge is 0.547 e. The quantitative estimate of drug-likeness (QED) is 0.476. The fraction of sp³-hybridized carbons (Fsp3) is 0.500. The van der Waals surface area contributed by atoms with E-state index in [4.69, 9.17) is 10.2 Å². The minimum Gasteiger partial charge on any atom is -0.547 e. The summed E-state index contributed by atoms with van der Waals surface area (Å²) >= 11 is 0. The zero-order valence-corrected chi connectivity index (χ0v) is 14.3.